The van der Waals surface area contributed by atoms with E-state index in [0.29, 0.717) is 6.54 Å². The molecule has 0 spiro atoms. The third-order valence-electron chi connectivity index (χ3n) is 3.65. The molecule has 0 saturated carbocycles. The second kappa shape index (κ2) is 5.50. The lowest BCUT2D eigenvalue weighted by Gasteiger charge is -2.23. The van der Waals surface area contributed by atoms with E-state index in [-0.39, 0.29) is 18.6 Å². The molecule has 4 nitrogen and oxygen atoms in total. The van der Waals surface area contributed by atoms with Gasteiger partial charge in [-0.1, -0.05) is 31.2 Å². The Kier molecular flexibility index (Phi) is 3.99. The fourth-order valence-electron chi connectivity index (χ4n) is 2.59. The van der Waals surface area contributed by atoms with Crippen molar-refractivity contribution < 1.29 is 15.0 Å². The molecule has 1 aromatic carbocycles. The largest absolute Gasteiger partial charge is 0.480 e. The van der Waals surface area contributed by atoms with Crippen LogP contribution in [0, 0.1) is 5.92 Å². The van der Waals surface area contributed by atoms with Gasteiger partial charge in [0, 0.05) is 6.54 Å². The maximum absolute atomic E-state index is 11.2. The molecule has 2 N–H and O–H groups in total. The molecule has 0 bridgehead atoms. The second-order valence-electron chi connectivity index (χ2n) is 4.99. The molecule has 1 aliphatic rings. The lowest BCUT2D eigenvalue weighted by atomic mass is 10.0. The van der Waals surface area contributed by atoms with Gasteiger partial charge in [-0.05, 0) is 30.0 Å². The molecule has 18 heavy (non-hydrogen) atoms. The van der Waals surface area contributed by atoms with Gasteiger partial charge in [-0.15, -0.1) is 0 Å². The number of hydrogen-bond donors (Lipinski definition) is 2. The third-order valence-corrected chi connectivity index (χ3v) is 3.65. The zero-order valence-corrected chi connectivity index (χ0v) is 10.5. The Morgan fingerprint density at radius 1 is 1.33 bits per heavy atom. The molecule has 0 radical (unpaired) electrons. The summed E-state index contributed by atoms with van der Waals surface area (Å²) < 4.78 is 0. The van der Waals surface area contributed by atoms with Crippen LogP contribution in [0.5, 0.6) is 0 Å². The normalized spacial score (nSPS) is 24.3. The predicted molar refractivity (Wildman–Crippen MR) is 68.0 cm³/mol. The first kappa shape index (κ1) is 13.1. The molecule has 0 aliphatic carbocycles. The van der Waals surface area contributed by atoms with Gasteiger partial charge in [0.05, 0.1) is 6.61 Å². The Labute approximate surface area is 107 Å². The maximum atomic E-state index is 11.2. The minimum atomic E-state index is -0.730. The fraction of sp³-hybridized carbons (Fsp3) is 0.500. The Bertz CT molecular complexity index is 416. The number of carboxylic acid groups (broad SMARTS) is 1. The number of hydrogen-bond acceptors (Lipinski definition) is 3. The highest BCUT2D eigenvalue weighted by Crippen LogP contribution is 2.25. The van der Waals surface area contributed by atoms with Crippen molar-refractivity contribution in [3.05, 3.63) is 35.4 Å². The van der Waals surface area contributed by atoms with Crippen molar-refractivity contribution in [2.75, 3.05) is 6.54 Å². The van der Waals surface area contributed by atoms with Crippen LogP contribution in [-0.2, 0) is 17.9 Å². The minimum Gasteiger partial charge on any atom is -0.480 e. The van der Waals surface area contributed by atoms with Gasteiger partial charge in [-0.25, -0.2) is 0 Å². The summed E-state index contributed by atoms with van der Waals surface area (Å²) in [5.41, 5.74) is 1.97. The van der Waals surface area contributed by atoms with Gasteiger partial charge < -0.3 is 10.2 Å². The number of aliphatic hydroxyl groups excluding tert-OH is 1. The van der Waals surface area contributed by atoms with Gasteiger partial charge >= 0.3 is 5.97 Å². The number of carbonyl (C=O) groups is 1. The smallest absolute Gasteiger partial charge is 0.321 e. The summed E-state index contributed by atoms with van der Waals surface area (Å²) in [6, 6.07) is 7.29. The number of nitrogens with zero attached hydrogens (tertiary/aromatic N) is 1. The molecule has 4 heteroatoms. The van der Waals surface area contributed by atoms with Crippen LogP contribution in [0.25, 0.3) is 0 Å². The van der Waals surface area contributed by atoms with Gasteiger partial charge in [0.25, 0.3) is 0 Å². The summed E-state index contributed by atoms with van der Waals surface area (Å²) in [6.07, 6.45) is 0.936. The van der Waals surface area contributed by atoms with Crippen LogP contribution in [0.2, 0.25) is 0 Å². The van der Waals surface area contributed by atoms with Gasteiger partial charge in [0.15, 0.2) is 0 Å². The van der Waals surface area contributed by atoms with Crippen molar-refractivity contribution in [2.45, 2.75) is 32.5 Å². The van der Waals surface area contributed by atoms with Gasteiger partial charge in [-0.2, -0.15) is 0 Å². The topological polar surface area (TPSA) is 60.8 Å². The Morgan fingerprint density at radius 3 is 2.50 bits per heavy atom. The average Bonchev–Trinajstić information content (AvgIpc) is 2.71. The van der Waals surface area contributed by atoms with Gasteiger partial charge in [0.1, 0.15) is 6.04 Å². The zero-order chi connectivity index (χ0) is 13.1. The second-order valence-corrected chi connectivity index (χ2v) is 4.99. The van der Waals surface area contributed by atoms with Crippen LogP contribution in [0.1, 0.15) is 24.5 Å². The van der Waals surface area contributed by atoms with Gasteiger partial charge in [0.2, 0.25) is 0 Å². The van der Waals surface area contributed by atoms with E-state index in [2.05, 4.69) is 0 Å². The summed E-state index contributed by atoms with van der Waals surface area (Å²) in [7, 11) is 0. The zero-order valence-electron chi connectivity index (χ0n) is 10.5. The lowest BCUT2D eigenvalue weighted by molar-refractivity contribution is -0.143. The first-order chi connectivity index (χ1) is 8.61. The molecular formula is C14H19NO3. The molecule has 1 aliphatic heterocycles. The number of carboxylic acids is 1. The standard InChI is InChI=1S/C14H19NO3/c1-10-6-7-15(13(10)14(17)18)8-11-2-4-12(9-16)5-3-11/h2-5,10,13,16H,6-9H2,1H3,(H,17,18). The van der Waals surface area contributed by atoms with Crippen LogP contribution in [0.4, 0.5) is 0 Å². The lowest BCUT2D eigenvalue weighted by Crippen LogP contribution is -2.38. The molecule has 1 saturated heterocycles. The molecule has 0 aromatic heterocycles. The monoisotopic (exact) mass is 249 g/mol. The molecule has 2 rings (SSSR count). The van der Waals surface area contributed by atoms with Crippen molar-refractivity contribution >= 4 is 5.97 Å². The highest BCUT2D eigenvalue weighted by Gasteiger charge is 2.36. The highest BCUT2D eigenvalue weighted by molar-refractivity contribution is 5.74. The van der Waals surface area contributed by atoms with Gasteiger partial charge in [-0.3, -0.25) is 9.69 Å². The maximum Gasteiger partial charge on any atom is 0.321 e. The Hall–Kier alpha value is -1.39. The summed E-state index contributed by atoms with van der Waals surface area (Å²) in [4.78, 5) is 13.3. The summed E-state index contributed by atoms with van der Waals surface area (Å²) in [5, 5.41) is 18.2. The molecule has 1 fully saturated rings. The van der Waals surface area contributed by atoms with E-state index in [1.165, 1.54) is 0 Å². The van der Waals surface area contributed by atoms with Crippen molar-refractivity contribution in [2.24, 2.45) is 5.92 Å². The first-order valence-electron chi connectivity index (χ1n) is 6.27. The number of benzene rings is 1. The van der Waals surface area contributed by atoms with E-state index in [0.717, 1.165) is 24.1 Å². The third kappa shape index (κ3) is 2.71. The minimum absolute atomic E-state index is 0.0405. The quantitative estimate of drug-likeness (QED) is 0.848. The number of rotatable bonds is 4. The van der Waals surface area contributed by atoms with Crippen LogP contribution >= 0.6 is 0 Å². The first-order valence-corrected chi connectivity index (χ1v) is 6.27. The highest BCUT2D eigenvalue weighted by atomic mass is 16.4. The summed E-state index contributed by atoms with van der Waals surface area (Å²) >= 11 is 0. The fourth-order valence-corrected chi connectivity index (χ4v) is 2.59. The van der Waals surface area contributed by atoms with Crippen molar-refractivity contribution in [3.8, 4) is 0 Å². The summed E-state index contributed by atoms with van der Waals surface area (Å²) in [6.45, 7) is 3.53. The number of aliphatic carboxylic acids is 1. The molecule has 1 heterocycles. The van der Waals surface area contributed by atoms with E-state index in [4.69, 9.17) is 5.11 Å². The van der Waals surface area contributed by atoms with Crippen LogP contribution in [0.15, 0.2) is 24.3 Å². The van der Waals surface area contributed by atoms with E-state index in [9.17, 15) is 9.90 Å². The number of aliphatic hydroxyl groups is 1. The van der Waals surface area contributed by atoms with Crippen molar-refractivity contribution in [1.82, 2.24) is 4.90 Å². The van der Waals surface area contributed by atoms with Crippen LogP contribution < -0.4 is 0 Å². The molecule has 1 aromatic rings. The number of likely N-dealkylation sites (tertiary alicyclic amines) is 1. The molecule has 2 atom stereocenters. The Morgan fingerprint density at radius 2 is 1.94 bits per heavy atom. The SMILES string of the molecule is CC1CCN(Cc2ccc(CO)cc2)C1C(=O)O. The molecular weight excluding hydrogens is 230 g/mol. The molecule has 0 amide bonds. The van der Waals surface area contributed by atoms with E-state index >= 15 is 0 Å². The molecule has 98 valence electrons. The summed E-state index contributed by atoms with van der Waals surface area (Å²) in [5.74, 6) is -0.522. The van der Waals surface area contributed by atoms with Crippen LogP contribution in [0.3, 0.4) is 0 Å². The van der Waals surface area contributed by atoms with Crippen LogP contribution in [-0.4, -0.2) is 33.7 Å². The van der Waals surface area contributed by atoms with E-state index in [1.54, 1.807) is 0 Å². The van der Waals surface area contributed by atoms with Crippen molar-refractivity contribution in [3.63, 3.8) is 0 Å². The Balaban J connectivity index is 2.06. The average molecular weight is 249 g/mol. The molecule has 2 unspecified atom stereocenters. The van der Waals surface area contributed by atoms with Crippen molar-refractivity contribution in [1.29, 1.82) is 0 Å². The van der Waals surface area contributed by atoms with E-state index in [1.807, 2.05) is 36.1 Å². The predicted octanol–water partition coefficient (Wildman–Crippen LogP) is 1.47. The van der Waals surface area contributed by atoms with E-state index < -0.39 is 5.97 Å².